The van der Waals surface area contributed by atoms with Crippen molar-refractivity contribution in [2.45, 2.75) is 6.42 Å². The van der Waals surface area contributed by atoms with Crippen LogP contribution in [0.1, 0.15) is 6.42 Å². The monoisotopic (exact) mass is 357 g/mol. The van der Waals surface area contributed by atoms with E-state index in [0.29, 0.717) is 29.5 Å². The number of aromatic nitrogens is 1. The second-order valence-corrected chi connectivity index (χ2v) is 5.84. The fraction of sp³-hybridized carbons (Fsp3) is 0.294. The number of nitro groups is 1. The Kier molecular flexibility index (Phi) is 5.28. The summed E-state index contributed by atoms with van der Waals surface area (Å²) in [4.78, 5) is 28.7. The molecule has 2 heterocycles. The summed E-state index contributed by atoms with van der Waals surface area (Å²) in [6, 6.07) is 7.73. The minimum atomic E-state index is -0.479. The molecule has 1 aliphatic heterocycles. The van der Waals surface area contributed by atoms with Crippen molar-refractivity contribution < 1.29 is 14.5 Å². The summed E-state index contributed by atoms with van der Waals surface area (Å²) in [5, 5.41) is 16.6. The van der Waals surface area contributed by atoms with Gasteiger partial charge in [0.15, 0.2) is 0 Å². The van der Waals surface area contributed by atoms with Crippen LogP contribution < -0.4 is 15.4 Å². The van der Waals surface area contributed by atoms with Crippen LogP contribution in [0.2, 0.25) is 0 Å². The molecule has 0 saturated carbocycles. The van der Waals surface area contributed by atoms with Crippen molar-refractivity contribution in [1.82, 2.24) is 9.88 Å². The Bertz CT molecular complexity index is 823. The first-order valence-electron chi connectivity index (χ1n) is 8.17. The molecule has 1 aromatic heterocycles. The molecule has 9 nitrogen and oxygen atoms in total. The van der Waals surface area contributed by atoms with Crippen molar-refractivity contribution in [2.75, 3.05) is 37.3 Å². The second kappa shape index (κ2) is 7.79. The standard InChI is InChI=1S/C17H19N5O4/c1-18-14-4-3-12(9-15(14)22(24)25)26-13-5-6-19-16(10-13)20-17(23)11-21-7-2-8-21/h3-6,9-10,18H,2,7-8,11H2,1H3,(H,19,20,23). The largest absolute Gasteiger partial charge is 0.457 e. The van der Waals surface area contributed by atoms with Gasteiger partial charge in [-0.15, -0.1) is 0 Å². The van der Waals surface area contributed by atoms with Crippen LogP contribution in [0.15, 0.2) is 36.5 Å². The summed E-state index contributed by atoms with van der Waals surface area (Å²) in [5.41, 5.74) is 0.318. The minimum absolute atomic E-state index is 0.0814. The fourth-order valence-electron chi connectivity index (χ4n) is 2.54. The van der Waals surface area contributed by atoms with Gasteiger partial charge in [0.1, 0.15) is 23.0 Å². The number of nitro benzene ring substituents is 1. The van der Waals surface area contributed by atoms with Gasteiger partial charge < -0.3 is 15.4 Å². The van der Waals surface area contributed by atoms with E-state index in [9.17, 15) is 14.9 Å². The Hall–Kier alpha value is -3.20. The van der Waals surface area contributed by atoms with Crippen molar-refractivity contribution in [3.8, 4) is 11.5 Å². The summed E-state index contributed by atoms with van der Waals surface area (Å²) < 4.78 is 5.67. The number of nitrogens with one attached hydrogen (secondary N) is 2. The molecule has 0 aliphatic carbocycles. The quantitative estimate of drug-likeness (QED) is 0.578. The van der Waals surface area contributed by atoms with Gasteiger partial charge in [0.05, 0.1) is 17.5 Å². The van der Waals surface area contributed by atoms with Gasteiger partial charge >= 0.3 is 0 Å². The maximum absolute atomic E-state index is 12.0. The Morgan fingerprint density at radius 2 is 2.08 bits per heavy atom. The van der Waals surface area contributed by atoms with Gasteiger partial charge in [-0.05, 0) is 37.7 Å². The molecule has 1 amide bonds. The van der Waals surface area contributed by atoms with Crippen LogP contribution in [0.25, 0.3) is 0 Å². The molecule has 2 aromatic rings. The maximum Gasteiger partial charge on any atom is 0.296 e. The number of rotatable bonds is 7. The third kappa shape index (κ3) is 4.25. The number of ether oxygens (including phenoxy) is 1. The lowest BCUT2D eigenvalue weighted by Gasteiger charge is -2.29. The van der Waals surface area contributed by atoms with Gasteiger partial charge in [-0.1, -0.05) is 0 Å². The van der Waals surface area contributed by atoms with Crippen LogP contribution in [0.3, 0.4) is 0 Å². The molecule has 0 spiro atoms. The number of nitrogens with zero attached hydrogens (tertiary/aromatic N) is 3. The lowest BCUT2D eigenvalue weighted by atomic mass is 10.2. The molecule has 1 aromatic carbocycles. The zero-order valence-corrected chi connectivity index (χ0v) is 14.3. The van der Waals surface area contributed by atoms with Gasteiger partial charge in [0.25, 0.3) is 5.69 Å². The normalized spacial score (nSPS) is 13.6. The number of carbonyl (C=O) groups excluding carboxylic acids is 1. The molecule has 1 fully saturated rings. The molecule has 0 unspecified atom stereocenters. The lowest BCUT2D eigenvalue weighted by Crippen LogP contribution is -2.42. The van der Waals surface area contributed by atoms with E-state index < -0.39 is 4.92 Å². The summed E-state index contributed by atoms with van der Waals surface area (Å²) in [5.74, 6) is 0.975. The van der Waals surface area contributed by atoms with Crippen molar-refractivity contribution in [3.05, 3.63) is 46.6 Å². The van der Waals surface area contributed by atoms with E-state index in [1.54, 1.807) is 31.3 Å². The minimum Gasteiger partial charge on any atom is -0.457 e. The van der Waals surface area contributed by atoms with E-state index in [1.807, 2.05) is 4.90 Å². The predicted octanol–water partition coefficient (Wildman–Crippen LogP) is 2.47. The molecule has 3 rings (SSSR count). The molecule has 2 N–H and O–H groups in total. The Balaban J connectivity index is 1.69. The average molecular weight is 357 g/mol. The van der Waals surface area contributed by atoms with E-state index in [0.717, 1.165) is 19.5 Å². The van der Waals surface area contributed by atoms with Gasteiger partial charge in [0.2, 0.25) is 5.91 Å². The highest BCUT2D eigenvalue weighted by Gasteiger charge is 2.18. The number of benzene rings is 1. The first-order chi connectivity index (χ1) is 12.5. The van der Waals surface area contributed by atoms with Crippen LogP contribution in [-0.2, 0) is 4.79 Å². The summed E-state index contributed by atoms with van der Waals surface area (Å²) in [6.07, 6.45) is 2.62. The molecular weight excluding hydrogens is 338 g/mol. The Morgan fingerprint density at radius 1 is 1.31 bits per heavy atom. The molecule has 136 valence electrons. The fourth-order valence-corrected chi connectivity index (χ4v) is 2.54. The highest BCUT2D eigenvalue weighted by Crippen LogP contribution is 2.31. The van der Waals surface area contributed by atoms with Gasteiger partial charge in [0, 0.05) is 19.3 Å². The number of amides is 1. The molecule has 0 atom stereocenters. The summed E-state index contributed by atoms with van der Waals surface area (Å²) in [7, 11) is 1.61. The van der Waals surface area contributed by atoms with E-state index in [1.165, 1.54) is 12.3 Å². The van der Waals surface area contributed by atoms with Crippen LogP contribution in [0.4, 0.5) is 17.2 Å². The molecule has 9 heteroatoms. The van der Waals surface area contributed by atoms with E-state index in [2.05, 4.69) is 15.6 Å². The van der Waals surface area contributed by atoms with E-state index >= 15 is 0 Å². The van der Waals surface area contributed by atoms with Crippen LogP contribution in [0, 0.1) is 10.1 Å². The second-order valence-electron chi connectivity index (χ2n) is 5.84. The number of hydrogen-bond donors (Lipinski definition) is 2. The van der Waals surface area contributed by atoms with Crippen molar-refractivity contribution >= 4 is 23.1 Å². The average Bonchev–Trinajstić information content (AvgIpc) is 2.58. The molecule has 0 bridgehead atoms. The van der Waals surface area contributed by atoms with Crippen molar-refractivity contribution in [1.29, 1.82) is 0 Å². The number of likely N-dealkylation sites (tertiary alicyclic amines) is 1. The zero-order valence-electron chi connectivity index (χ0n) is 14.3. The van der Waals surface area contributed by atoms with Crippen LogP contribution >= 0.6 is 0 Å². The molecule has 26 heavy (non-hydrogen) atoms. The third-order valence-electron chi connectivity index (χ3n) is 3.99. The third-order valence-corrected chi connectivity index (χ3v) is 3.99. The molecule has 1 saturated heterocycles. The van der Waals surface area contributed by atoms with Crippen molar-refractivity contribution in [2.24, 2.45) is 0 Å². The molecular formula is C17H19N5O4. The highest BCUT2D eigenvalue weighted by atomic mass is 16.6. The number of anilines is 2. The molecule has 1 aliphatic rings. The predicted molar refractivity (Wildman–Crippen MR) is 96.6 cm³/mol. The van der Waals surface area contributed by atoms with Crippen LogP contribution in [0.5, 0.6) is 11.5 Å². The summed E-state index contributed by atoms with van der Waals surface area (Å²) >= 11 is 0. The number of pyridine rings is 1. The summed E-state index contributed by atoms with van der Waals surface area (Å²) in [6.45, 7) is 2.21. The highest BCUT2D eigenvalue weighted by molar-refractivity contribution is 5.91. The number of carbonyl (C=O) groups is 1. The van der Waals surface area contributed by atoms with E-state index in [4.69, 9.17) is 4.74 Å². The zero-order chi connectivity index (χ0) is 18.5. The number of hydrogen-bond acceptors (Lipinski definition) is 7. The SMILES string of the molecule is CNc1ccc(Oc2ccnc(NC(=O)CN3CCC3)c2)cc1[N+](=O)[O-]. The van der Waals surface area contributed by atoms with Gasteiger partial charge in [-0.3, -0.25) is 19.8 Å². The first kappa shape index (κ1) is 17.6. The van der Waals surface area contributed by atoms with Gasteiger partial charge in [-0.25, -0.2) is 4.98 Å². The first-order valence-corrected chi connectivity index (χ1v) is 8.17. The van der Waals surface area contributed by atoms with Crippen LogP contribution in [-0.4, -0.2) is 47.4 Å². The smallest absolute Gasteiger partial charge is 0.296 e. The Labute approximate surface area is 150 Å². The maximum atomic E-state index is 12.0. The Morgan fingerprint density at radius 3 is 2.73 bits per heavy atom. The van der Waals surface area contributed by atoms with Gasteiger partial charge in [-0.2, -0.15) is 0 Å². The van der Waals surface area contributed by atoms with Crippen molar-refractivity contribution in [3.63, 3.8) is 0 Å². The topological polar surface area (TPSA) is 110 Å². The molecule has 0 radical (unpaired) electrons. The van der Waals surface area contributed by atoms with E-state index in [-0.39, 0.29) is 11.6 Å². The lowest BCUT2D eigenvalue weighted by molar-refractivity contribution is -0.384.